The average molecular weight is 397 g/mol. The van der Waals surface area contributed by atoms with Crippen molar-refractivity contribution in [1.29, 1.82) is 10.5 Å². The van der Waals surface area contributed by atoms with Crippen molar-refractivity contribution >= 4 is 17.5 Å². The van der Waals surface area contributed by atoms with Crippen molar-refractivity contribution in [1.82, 2.24) is 9.38 Å². The molecule has 30 heavy (non-hydrogen) atoms. The molecule has 1 N–H and O–H groups in total. The largest absolute Gasteiger partial charge is 0.345 e. The Labute approximate surface area is 174 Å². The van der Waals surface area contributed by atoms with E-state index >= 15 is 0 Å². The lowest BCUT2D eigenvalue weighted by Gasteiger charge is -2.33. The van der Waals surface area contributed by atoms with Gasteiger partial charge in [-0.3, -0.25) is 9.20 Å². The fourth-order valence-corrected chi connectivity index (χ4v) is 3.79. The van der Waals surface area contributed by atoms with Crippen LogP contribution in [0.15, 0.2) is 65.1 Å². The zero-order valence-corrected chi connectivity index (χ0v) is 16.5. The first-order valence-corrected chi connectivity index (χ1v) is 9.85. The third kappa shape index (κ3) is 3.93. The summed E-state index contributed by atoms with van der Waals surface area (Å²) in [7, 11) is 0. The predicted octanol–water partition coefficient (Wildman–Crippen LogP) is 1.03. The molecule has 3 aromatic rings. The Kier molecular flexibility index (Phi) is 5.56. The van der Waals surface area contributed by atoms with Gasteiger partial charge in [0.25, 0.3) is 5.56 Å². The lowest BCUT2D eigenvalue weighted by molar-refractivity contribution is -0.914. The molecule has 0 radical (unpaired) electrons. The van der Waals surface area contributed by atoms with Gasteiger partial charge in [0.1, 0.15) is 35.7 Å². The second-order valence-corrected chi connectivity index (χ2v) is 7.26. The van der Waals surface area contributed by atoms with E-state index in [0.29, 0.717) is 11.5 Å². The van der Waals surface area contributed by atoms with E-state index in [4.69, 9.17) is 4.98 Å². The van der Waals surface area contributed by atoms with Gasteiger partial charge in [0.2, 0.25) is 0 Å². The first kappa shape index (κ1) is 19.4. The van der Waals surface area contributed by atoms with Gasteiger partial charge in [-0.15, -0.1) is 0 Å². The van der Waals surface area contributed by atoms with Gasteiger partial charge >= 0.3 is 0 Å². The van der Waals surface area contributed by atoms with E-state index in [-0.39, 0.29) is 16.7 Å². The maximum absolute atomic E-state index is 13.1. The molecule has 2 aromatic heterocycles. The highest BCUT2D eigenvalue weighted by Gasteiger charge is 2.24. The molecule has 0 saturated carbocycles. The van der Waals surface area contributed by atoms with Crippen LogP contribution in [0.4, 0.5) is 5.82 Å². The number of benzene rings is 1. The molecule has 7 nitrogen and oxygen atoms in total. The van der Waals surface area contributed by atoms with Crippen molar-refractivity contribution in [3.05, 3.63) is 81.8 Å². The van der Waals surface area contributed by atoms with Gasteiger partial charge in [0.15, 0.2) is 0 Å². The van der Waals surface area contributed by atoms with Crippen molar-refractivity contribution in [2.24, 2.45) is 0 Å². The van der Waals surface area contributed by atoms with Crippen LogP contribution in [0.2, 0.25) is 0 Å². The molecule has 1 aliphatic rings. The highest BCUT2D eigenvalue weighted by Crippen LogP contribution is 2.19. The summed E-state index contributed by atoms with van der Waals surface area (Å²) in [4.78, 5) is 21.4. The molecule has 4 rings (SSSR count). The molecule has 1 aliphatic heterocycles. The number of nitrogens with zero attached hydrogens (tertiary/aromatic N) is 5. The van der Waals surface area contributed by atoms with Gasteiger partial charge in [0.05, 0.1) is 31.7 Å². The van der Waals surface area contributed by atoms with Crippen LogP contribution in [-0.4, -0.2) is 35.6 Å². The fraction of sp³-hybridized carbons (Fsp3) is 0.217. The number of nitrogens with one attached hydrogen (secondary N) is 1. The van der Waals surface area contributed by atoms with Crippen LogP contribution in [0.5, 0.6) is 0 Å². The highest BCUT2D eigenvalue weighted by molar-refractivity contribution is 5.71. The third-order valence-corrected chi connectivity index (χ3v) is 5.35. The van der Waals surface area contributed by atoms with E-state index in [1.807, 2.05) is 24.3 Å². The normalized spacial score (nSPS) is 14.1. The van der Waals surface area contributed by atoms with Crippen LogP contribution in [0.3, 0.4) is 0 Å². The summed E-state index contributed by atoms with van der Waals surface area (Å²) >= 11 is 0. The van der Waals surface area contributed by atoms with Crippen molar-refractivity contribution in [3.63, 3.8) is 0 Å². The van der Waals surface area contributed by atoms with E-state index < -0.39 is 0 Å². The number of aromatic nitrogens is 2. The van der Waals surface area contributed by atoms with E-state index in [9.17, 15) is 15.3 Å². The van der Waals surface area contributed by atoms with Crippen LogP contribution in [0.1, 0.15) is 11.1 Å². The van der Waals surface area contributed by atoms with Gasteiger partial charge in [0, 0.05) is 11.8 Å². The zero-order valence-electron chi connectivity index (χ0n) is 16.5. The minimum absolute atomic E-state index is 0.112. The van der Waals surface area contributed by atoms with Crippen LogP contribution in [-0.2, 0) is 6.54 Å². The summed E-state index contributed by atoms with van der Waals surface area (Å²) in [5, 5.41) is 18.4. The van der Waals surface area contributed by atoms with E-state index in [1.165, 1.54) is 20.9 Å². The maximum atomic E-state index is 13.1. The van der Waals surface area contributed by atoms with Crippen LogP contribution < -0.4 is 15.4 Å². The second kappa shape index (κ2) is 8.60. The van der Waals surface area contributed by atoms with E-state index in [0.717, 1.165) is 32.7 Å². The number of rotatable bonds is 4. The maximum Gasteiger partial charge on any atom is 0.267 e. The Morgan fingerprint density at radius 1 is 1.07 bits per heavy atom. The Morgan fingerprint density at radius 2 is 1.77 bits per heavy atom. The molecule has 0 bridgehead atoms. The summed E-state index contributed by atoms with van der Waals surface area (Å²) in [6, 6.07) is 19.5. The molecule has 148 valence electrons. The molecular weight excluding hydrogens is 376 g/mol. The summed E-state index contributed by atoms with van der Waals surface area (Å²) in [6.45, 7) is 4.27. The van der Waals surface area contributed by atoms with Crippen molar-refractivity contribution in [3.8, 4) is 12.1 Å². The Balaban J connectivity index is 1.65. The topological polar surface area (TPSA) is 89.6 Å². The molecule has 7 heteroatoms. The molecule has 0 atom stereocenters. The van der Waals surface area contributed by atoms with E-state index in [1.54, 1.807) is 18.3 Å². The molecular formula is C23H21N6O+. The first-order valence-electron chi connectivity index (χ1n) is 9.85. The fourth-order valence-electron chi connectivity index (χ4n) is 3.79. The monoisotopic (exact) mass is 397 g/mol. The molecule has 0 amide bonds. The minimum Gasteiger partial charge on any atom is -0.345 e. The van der Waals surface area contributed by atoms with Gasteiger partial charge in [-0.1, -0.05) is 36.4 Å². The lowest BCUT2D eigenvalue weighted by atomic mass is 10.1. The standard InChI is InChI=1S/C23H20N6O/c24-15-19(16-25)14-20-22(26-21-8-4-5-9-29(21)23(20)30)28-12-10-27(11-13-28)17-18-6-2-1-3-7-18/h1-9,14H,10-13,17H2/p+1. The smallest absolute Gasteiger partial charge is 0.267 e. The predicted molar refractivity (Wildman–Crippen MR) is 114 cm³/mol. The number of allylic oxidation sites excluding steroid dienone is 1. The SMILES string of the molecule is N#CC(C#N)=Cc1c(N2CC[NH+](Cc3ccccc3)CC2)nc2ccccn2c1=O. The van der Waals surface area contributed by atoms with Gasteiger partial charge in [-0.2, -0.15) is 10.5 Å². The van der Waals surface area contributed by atoms with Gasteiger partial charge < -0.3 is 9.80 Å². The van der Waals surface area contributed by atoms with Crippen LogP contribution >= 0.6 is 0 Å². The number of piperazine rings is 1. The summed E-state index contributed by atoms with van der Waals surface area (Å²) in [6.07, 6.45) is 3.00. The first-order chi connectivity index (χ1) is 14.7. The number of fused-ring (bicyclic) bond motifs is 1. The minimum atomic E-state index is -0.280. The highest BCUT2D eigenvalue weighted by atomic mass is 16.1. The number of hydrogen-bond donors (Lipinski definition) is 1. The summed E-state index contributed by atoms with van der Waals surface area (Å²) in [5.74, 6) is 0.535. The quantitative estimate of drug-likeness (QED) is 0.664. The molecule has 1 fully saturated rings. The molecule has 1 saturated heterocycles. The number of hydrogen-bond acceptors (Lipinski definition) is 5. The molecule has 0 unspecified atom stereocenters. The average Bonchev–Trinajstić information content (AvgIpc) is 2.80. The van der Waals surface area contributed by atoms with Crippen molar-refractivity contribution in [2.45, 2.75) is 6.54 Å². The number of pyridine rings is 1. The summed E-state index contributed by atoms with van der Waals surface area (Å²) in [5.41, 5.74) is 1.74. The molecule has 0 aliphatic carbocycles. The van der Waals surface area contributed by atoms with Crippen LogP contribution in [0.25, 0.3) is 11.7 Å². The zero-order chi connectivity index (χ0) is 20.9. The Morgan fingerprint density at radius 3 is 2.47 bits per heavy atom. The van der Waals surface area contributed by atoms with E-state index in [2.05, 4.69) is 29.2 Å². The van der Waals surface area contributed by atoms with Gasteiger partial charge in [-0.25, -0.2) is 4.98 Å². The van der Waals surface area contributed by atoms with Gasteiger partial charge in [-0.05, 0) is 18.2 Å². The number of anilines is 1. The molecule has 1 aromatic carbocycles. The third-order valence-electron chi connectivity index (χ3n) is 5.35. The second-order valence-electron chi connectivity index (χ2n) is 7.26. The molecule has 0 spiro atoms. The molecule has 3 heterocycles. The lowest BCUT2D eigenvalue weighted by Crippen LogP contribution is -3.13. The number of quaternary nitrogens is 1. The van der Waals surface area contributed by atoms with Crippen molar-refractivity contribution in [2.75, 3.05) is 31.1 Å². The number of nitriles is 2. The summed E-state index contributed by atoms with van der Waals surface area (Å²) < 4.78 is 1.44. The Bertz CT molecular complexity index is 1210. The van der Waals surface area contributed by atoms with Crippen LogP contribution in [0, 0.1) is 22.7 Å². The Hall–Kier alpha value is -3.94. The van der Waals surface area contributed by atoms with Crippen molar-refractivity contribution < 1.29 is 4.90 Å².